The normalized spacial score (nSPS) is 24.7. The van der Waals surface area contributed by atoms with Crippen LogP contribution in [0.25, 0.3) is 0 Å². The van der Waals surface area contributed by atoms with E-state index in [1.807, 2.05) is 19.3 Å². The summed E-state index contributed by atoms with van der Waals surface area (Å²) >= 11 is 0. The molecule has 0 saturated carbocycles. The Morgan fingerprint density at radius 2 is 1.96 bits per heavy atom. The molecule has 2 saturated heterocycles. The summed E-state index contributed by atoms with van der Waals surface area (Å²) in [5, 5.41) is 0. The summed E-state index contributed by atoms with van der Waals surface area (Å²) < 4.78 is 6.96. The van der Waals surface area contributed by atoms with E-state index in [-0.39, 0.29) is 24.0 Å². The molecule has 0 bridgehead atoms. The van der Waals surface area contributed by atoms with Gasteiger partial charge in [0, 0.05) is 38.6 Å². The van der Waals surface area contributed by atoms with E-state index >= 15 is 0 Å². The highest BCUT2D eigenvalue weighted by atomic mass is 16.5. The van der Waals surface area contributed by atoms with Crippen molar-refractivity contribution in [1.82, 2.24) is 14.4 Å². The maximum atomic E-state index is 13.3. The molecule has 1 aromatic rings. The smallest absolute Gasteiger partial charge is 0.409 e. The first kappa shape index (κ1) is 17.8. The van der Waals surface area contributed by atoms with Crippen LogP contribution < -0.4 is 0 Å². The van der Waals surface area contributed by atoms with Crippen LogP contribution >= 0.6 is 0 Å². The lowest BCUT2D eigenvalue weighted by atomic mass is 9.95. The van der Waals surface area contributed by atoms with E-state index in [1.165, 1.54) is 19.2 Å². The molecule has 2 fully saturated rings. The number of likely N-dealkylation sites (tertiary alicyclic amines) is 2. The van der Waals surface area contributed by atoms with E-state index in [9.17, 15) is 9.59 Å². The summed E-state index contributed by atoms with van der Waals surface area (Å²) in [6, 6.07) is 4.31. The maximum Gasteiger partial charge on any atom is 0.409 e. The zero-order valence-electron chi connectivity index (χ0n) is 15.3. The molecule has 0 aromatic carbocycles. The van der Waals surface area contributed by atoms with Gasteiger partial charge < -0.3 is 19.1 Å². The fraction of sp³-hybridized carbons (Fsp3) is 0.684. The average molecular weight is 347 g/mol. The molecule has 6 nitrogen and oxygen atoms in total. The van der Waals surface area contributed by atoms with Crippen LogP contribution in [-0.2, 0) is 16.6 Å². The van der Waals surface area contributed by atoms with Crippen molar-refractivity contribution in [3.8, 4) is 0 Å². The van der Waals surface area contributed by atoms with Gasteiger partial charge in [-0.3, -0.25) is 4.79 Å². The van der Waals surface area contributed by atoms with Gasteiger partial charge in [0.2, 0.25) is 5.91 Å². The minimum atomic E-state index is -0.327. The second-order valence-corrected chi connectivity index (χ2v) is 7.20. The van der Waals surface area contributed by atoms with Crippen LogP contribution in [0.1, 0.15) is 50.3 Å². The molecule has 3 heterocycles. The number of aromatic nitrogens is 1. The fourth-order valence-corrected chi connectivity index (χ4v) is 4.21. The number of aryl methyl sites for hydroxylation is 1. The van der Waals surface area contributed by atoms with Gasteiger partial charge in [-0.25, -0.2) is 4.79 Å². The summed E-state index contributed by atoms with van der Waals surface area (Å²) in [5.41, 5.74) is 1.20. The average Bonchev–Trinajstić information content (AvgIpc) is 2.92. The Balaban J connectivity index is 1.78. The molecule has 2 amide bonds. The van der Waals surface area contributed by atoms with Gasteiger partial charge in [-0.15, -0.1) is 0 Å². The van der Waals surface area contributed by atoms with Crippen LogP contribution in [0.4, 0.5) is 4.79 Å². The van der Waals surface area contributed by atoms with Crippen molar-refractivity contribution in [2.45, 2.75) is 44.6 Å². The Kier molecular flexibility index (Phi) is 5.66. The maximum absolute atomic E-state index is 13.3. The lowest BCUT2D eigenvalue weighted by molar-refractivity contribution is -0.139. The van der Waals surface area contributed by atoms with Gasteiger partial charge in [-0.05, 0) is 37.8 Å². The number of hydrogen-bond donors (Lipinski definition) is 0. The quantitative estimate of drug-likeness (QED) is 0.826. The highest BCUT2D eigenvalue weighted by Crippen LogP contribution is 2.32. The van der Waals surface area contributed by atoms with E-state index in [1.54, 1.807) is 4.90 Å². The third-order valence-corrected chi connectivity index (χ3v) is 5.56. The van der Waals surface area contributed by atoms with Gasteiger partial charge in [0.1, 0.15) is 0 Å². The third-order valence-electron chi connectivity index (χ3n) is 5.56. The van der Waals surface area contributed by atoms with Crippen LogP contribution in [0, 0.1) is 5.92 Å². The fourth-order valence-electron chi connectivity index (χ4n) is 4.21. The van der Waals surface area contributed by atoms with Gasteiger partial charge in [-0.1, -0.05) is 12.8 Å². The number of carbonyl (C=O) groups excluding carboxylic acids is 2. The van der Waals surface area contributed by atoms with Crippen molar-refractivity contribution in [2.24, 2.45) is 13.0 Å². The number of hydrogen-bond acceptors (Lipinski definition) is 3. The topological polar surface area (TPSA) is 54.8 Å². The van der Waals surface area contributed by atoms with Crippen molar-refractivity contribution in [2.75, 3.05) is 26.7 Å². The minimum Gasteiger partial charge on any atom is -0.453 e. The molecule has 2 aliphatic heterocycles. The number of ether oxygens (including phenoxy) is 1. The highest BCUT2D eigenvalue weighted by Gasteiger charge is 2.35. The lowest BCUT2D eigenvalue weighted by Gasteiger charge is -2.37. The largest absolute Gasteiger partial charge is 0.453 e. The number of amides is 2. The van der Waals surface area contributed by atoms with Crippen molar-refractivity contribution in [3.63, 3.8) is 0 Å². The SMILES string of the molecule is COC(=O)N1CCC[C@@H](C(=O)N2CCCCC[C@@H]2c2cccn2C)C1. The van der Waals surface area contributed by atoms with Crippen molar-refractivity contribution < 1.29 is 14.3 Å². The van der Waals surface area contributed by atoms with Crippen LogP contribution in [0.5, 0.6) is 0 Å². The molecule has 3 rings (SSSR count). The molecular weight excluding hydrogens is 318 g/mol. The molecule has 0 spiro atoms. The van der Waals surface area contributed by atoms with E-state index in [2.05, 4.69) is 15.5 Å². The lowest BCUT2D eigenvalue weighted by Crippen LogP contribution is -2.47. The van der Waals surface area contributed by atoms with Crippen LogP contribution in [0.15, 0.2) is 18.3 Å². The van der Waals surface area contributed by atoms with E-state index in [4.69, 9.17) is 4.74 Å². The number of rotatable bonds is 2. The van der Waals surface area contributed by atoms with Gasteiger partial charge in [0.25, 0.3) is 0 Å². The second-order valence-electron chi connectivity index (χ2n) is 7.20. The monoisotopic (exact) mass is 347 g/mol. The van der Waals surface area contributed by atoms with Crippen molar-refractivity contribution in [1.29, 1.82) is 0 Å². The van der Waals surface area contributed by atoms with Gasteiger partial charge in [-0.2, -0.15) is 0 Å². The van der Waals surface area contributed by atoms with Gasteiger partial charge >= 0.3 is 6.09 Å². The van der Waals surface area contributed by atoms with Gasteiger partial charge in [0.05, 0.1) is 19.1 Å². The first-order chi connectivity index (χ1) is 12.1. The highest BCUT2D eigenvalue weighted by molar-refractivity contribution is 5.80. The molecule has 0 unspecified atom stereocenters. The Morgan fingerprint density at radius 3 is 2.68 bits per heavy atom. The molecular formula is C19H29N3O3. The Labute approximate surface area is 149 Å². The molecule has 2 atom stereocenters. The summed E-state index contributed by atoms with van der Waals surface area (Å²) in [6.07, 6.45) is 7.81. The molecule has 1 aromatic heterocycles. The van der Waals surface area contributed by atoms with E-state index in [0.717, 1.165) is 38.6 Å². The van der Waals surface area contributed by atoms with Gasteiger partial charge in [0.15, 0.2) is 0 Å². The first-order valence-corrected chi connectivity index (χ1v) is 9.36. The first-order valence-electron chi connectivity index (χ1n) is 9.36. The molecule has 0 N–H and O–H groups in total. The van der Waals surface area contributed by atoms with Crippen molar-refractivity contribution in [3.05, 3.63) is 24.0 Å². The summed E-state index contributed by atoms with van der Waals surface area (Å²) in [4.78, 5) is 28.9. The number of carbonyl (C=O) groups is 2. The predicted molar refractivity (Wildman–Crippen MR) is 95.0 cm³/mol. The summed E-state index contributed by atoms with van der Waals surface area (Å²) in [6.45, 7) is 1.96. The Bertz CT molecular complexity index is 613. The summed E-state index contributed by atoms with van der Waals surface area (Å²) in [7, 11) is 3.44. The summed E-state index contributed by atoms with van der Waals surface area (Å²) in [5.74, 6) is 0.0791. The number of nitrogens with zero attached hydrogens (tertiary/aromatic N) is 3. The zero-order chi connectivity index (χ0) is 17.8. The molecule has 25 heavy (non-hydrogen) atoms. The number of piperidine rings is 1. The van der Waals surface area contributed by atoms with E-state index < -0.39 is 0 Å². The zero-order valence-corrected chi connectivity index (χ0v) is 15.3. The molecule has 2 aliphatic rings. The van der Waals surface area contributed by atoms with E-state index in [0.29, 0.717) is 13.1 Å². The predicted octanol–water partition coefficient (Wildman–Crippen LogP) is 2.95. The standard InChI is InChI=1S/C19H29N3O3/c1-20-11-7-10-16(20)17-9-4-3-5-13-22(17)18(23)15-8-6-12-21(14-15)19(24)25-2/h7,10-11,15,17H,3-6,8-9,12-14H2,1-2H3/t15-,17-/m1/s1. The van der Waals surface area contributed by atoms with Crippen LogP contribution in [0.2, 0.25) is 0 Å². The Morgan fingerprint density at radius 1 is 1.12 bits per heavy atom. The Hall–Kier alpha value is -1.98. The van der Waals surface area contributed by atoms with Crippen molar-refractivity contribution >= 4 is 12.0 Å². The van der Waals surface area contributed by atoms with Crippen LogP contribution in [-0.4, -0.2) is 53.1 Å². The third kappa shape index (κ3) is 3.83. The molecule has 0 radical (unpaired) electrons. The molecule has 138 valence electrons. The van der Waals surface area contributed by atoms with Crippen LogP contribution in [0.3, 0.4) is 0 Å². The minimum absolute atomic E-state index is 0.117. The molecule has 0 aliphatic carbocycles. The molecule has 6 heteroatoms. The number of methoxy groups -OCH3 is 1. The second kappa shape index (κ2) is 7.93.